The number of aromatic nitrogens is 2. The topological polar surface area (TPSA) is 64.1 Å². The zero-order chi connectivity index (χ0) is 13.8. The van der Waals surface area contributed by atoms with Gasteiger partial charge >= 0.3 is 0 Å². The molecule has 0 saturated carbocycles. The van der Waals surface area contributed by atoms with Crippen LogP contribution in [0.4, 0.5) is 5.13 Å². The number of anilines is 1. The van der Waals surface area contributed by atoms with Gasteiger partial charge in [-0.25, -0.2) is 0 Å². The summed E-state index contributed by atoms with van der Waals surface area (Å²) in [4.78, 5) is 11.6. The Morgan fingerprint density at radius 2 is 2.21 bits per heavy atom. The first-order valence-electron chi connectivity index (χ1n) is 5.22. The summed E-state index contributed by atoms with van der Waals surface area (Å²) in [7, 11) is 0. The molecule has 2 rings (SSSR count). The highest BCUT2D eigenvalue weighted by Gasteiger charge is 2.09. The van der Waals surface area contributed by atoms with Crippen molar-refractivity contribution in [1.29, 1.82) is 0 Å². The van der Waals surface area contributed by atoms with Crippen LogP contribution >= 0.6 is 34.5 Å². The summed E-state index contributed by atoms with van der Waals surface area (Å²) in [6.07, 6.45) is 0. The summed E-state index contributed by atoms with van der Waals surface area (Å²) in [5, 5.41) is 12.2. The zero-order valence-electron chi connectivity index (χ0n) is 9.81. The van der Waals surface area contributed by atoms with E-state index in [4.69, 9.17) is 27.9 Å². The van der Waals surface area contributed by atoms with Crippen molar-refractivity contribution in [3.63, 3.8) is 0 Å². The Labute approximate surface area is 123 Å². The van der Waals surface area contributed by atoms with E-state index in [1.807, 2.05) is 0 Å². The van der Waals surface area contributed by atoms with Gasteiger partial charge in [0.05, 0.1) is 5.02 Å². The number of carbonyl (C=O) groups is 1. The molecule has 0 bridgehead atoms. The maximum atomic E-state index is 11.6. The van der Waals surface area contributed by atoms with Crippen LogP contribution in [-0.2, 0) is 4.79 Å². The van der Waals surface area contributed by atoms with Gasteiger partial charge in [0.2, 0.25) is 5.13 Å². The van der Waals surface area contributed by atoms with Gasteiger partial charge in [-0.05, 0) is 25.1 Å². The van der Waals surface area contributed by atoms with E-state index in [-0.39, 0.29) is 12.5 Å². The molecule has 1 heterocycles. The maximum absolute atomic E-state index is 11.6. The Morgan fingerprint density at radius 3 is 2.84 bits per heavy atom. The fourth-order valence-corrected chi connectivity index (χ4v) is 2.31. The number of carbonyl (C=O) groups excluding carboxylic acids is 1. The van der Waals surface area contributed by atoms with Gasteiger partial charge in [0.15, 0.2) is 6.61 Å². The fourth-order valence-electron chi connectivity index (χ4n) is 1.24. The lowest BCUT2D eigenvalue weighted by Gasteiger charge is -2.07. The Kier molecular flexibility index (Phi) is 4.57. The molecule has 0 radical (unpaired) electrons. The predicted octanol–water partition coefficient (Wildman–Crippen LogP) is 3.17. The Hall–Kier alpha value is -1.37. The van der Waals surface area contributed by atoms with Gasteiger partial charge in [0.1, 0.15) is 10.8 Å². The summed E-state index contributed by atoms with van der Waals surface area (Å²) in [6.45, 7) is 1.64. The predicted molar refractivity (Wildman–Crippen MR) is 75.2 cm³/mol. The number of nitrogens with zero attached hydrogens (tertiary/aromatic N) is 2. The second-order valence-corrected chi connectivity index (χ2v) is 5.56. The van der Waals surface area contributed by atoms with Crippen molar-refractivity contribution < 1.29 is 9.53 Å². The molecule has 5 nitrogen and oxygen atoms in total. The second-order valence-electron chi connectivity index (χ2n) is 3.54. The van der Waals surface area contributed by atoms with Crippen molar-refractivity contribution >= 4 is 45.6 Å². The molecule has 1 N–H and O–H groups in total. The molecule has 19 heavy (non-hydrogen) atoms. The molecule has 0 unspecified atom stereocenters. The quantitative estimate of drug-likeness (QED) is 0.940. The van der Waals surface area contributed by atoms with E-state index in [1.165, 1.54) is 11.3 Å². The van der Waals surface area contributed by atoms with Crippen LogP contribution in [-0.4, -0.2) is 22.7 Å². The van der Waals surface area contributed by atoms with Crippen molar-refractivity contribution in [1.82, 2.24) is 10.2 Å². The number of amides is 1. The van der Waals surface area contributed by atoms with Gasteiger partial charge in [0, 0.05) is 5.02 Å². The number of ether oxygens (including phenoxy) is 1. The summed E-state index contributed by atoms with van der Waals surface area (Å²) in [6, 6.07) is 4.78. The van der Waals surface area contributed by atoms with Crippen molar-refractivity contribution in [3.05, 3.63) is 33.3 Å². The zero-order valence-corrected chi connectivity index (χ0v) is 12.1. The first kappa shape index (κ1) is 14.0. The van der Waals surface area contributed by atoms with Crippen molar-refractivity contribution in [2.45, 2.75) is 6.92 Å². The first-order chi connectivity index (χ1) is 9.04. The lowest BCUT2D eigenvalue weighted by molar-refractivity contribution is -0.118. The van der Waals surface area contributed by atoms with E-state index < -0.39 is 0 Å². The largest absolute Gasteiger partial charge is 0.482 e. The van der Waals surface area contributed by atoms with Crippen molar-refractivity contribution in [3.8, 4) is 5.75 Å². The van der Waals surface area contributed by atoms with Crippen LogP contribution < -0.4 is 10.1 Å². The van der Waals surface area contributed by atoms with Gasteiger partial charge in [-0.15, -0.1) is 10.2 Å². The van der Waals surface area contributed by atoms with Crippen LogP contribution in [0.25, 0.3) is 0 Å². The molecule has 0 saturated heterocycles. The molecular weight excluding hydrogens is 309 g/mol. The van der Waals surface area contributed by atoms with Crippen LogP contribution in [0.2, 0.25) is 10.0 Å². The summed E-state index contributed by atoms with van der Waals surface area (Å²) in [5.74, 6) is 0.0665. The molecule has 1 amide bonds. The van der Waals surface area contributed by atoms with Crippen LogP contribution in [0.15, 0.2) is 18.2 Å². The van der Waals surface area contributed by atoms with Crippen LogP contribution in [0.1, 0.15) is 5.01 Å². The monoisotopic (exact) mass is 317 g/mol. The summed E-state index contributed by atoms with van der Waals surface area (Å²) in [5.41, 5.74) is 0. The molecule has 0 spiro atoms. The number of rotatable bonds is 4. The molecule has 0 aliphatic rings. The smallest absolute Gasteiger partial charge is 0.264 e. The third-order valence-electron chi connectivity index (χ3n) is 2.03. The molecule has 0 fully saturated rings. The number of hydrogen-bond acceptors (Lipinski definition) is 5. The van der Waals surface area contributed by atoms with Gasteiger partial charge in [-0.1, -0.05) is 34.5 Å². The molecule has 1 aromatic heterocycles. The minimum atomic E-state index is -0.331. The molecule has 100 valence electrons. The molecule has 2 aromatic rings. The number of hydrogen-bond donors (Lipinski definition) is 1. The average Bonchev–Trinajstić information content (AvgIpc) is 2.73. The molecule has 0 atom stereocenters. The maximum Gasteiger partial charge on any atom is 0.264 e. The van der Waals surface area contributed by atoms with Gasteiger partial charge < -0.3 is 4.74 Å². The molecule has 0 aliphatic heterocycles. The molecular formula is C11H9Cl2N3O2S. The lowest BCUT2D eigenvalue weighted by Crippen LogP contribution is -2.20. The summed E-state index contributed by atoms with van der Waals surface area (Å²) < 4.78 is 5.29. The third-order valence-corrected chi connectivity index (χ3v) is 3.31. The standard InChI is InChI=1S/C11H9Cl2N3O2S/c1-6-15-16-11(19-6)14-10(17)5-18-9-3-2-7(12)4-8(9)13/h2-4H,5H2,1H3,(H,14,16,17). The number of benzene rings is 1. The van der Waals surface area contributed by atoms with E-state index in [2.05, 4.69) is 15.5 Å². The first-order valence-corrected chi connectivity index (χ1v) is 6.79. The highest BCUT2D eigenvalue weighted by Crippen LogP contribution is 2.27. The highest BCUT2D eigenvalue weighted by molar-refractivity contribution is 7.15. The number of nitrogens with one attached hydrogen (secondary N) is 1. The van der Waals surface area contributed by atoms with E-state index in [0.717, 1.165) is 5.01 Å². The second kappa shape index (κ2) is 6.18. The summed E-state index contributed by atoms with van der Waals surface area (Å²) >= 11 is 13.0. The number of aryl methyl sites for hydroxylation is 1. The van der Waals surface area contributed by atoms with Gasteiger partial charge in [0.25, 0.3) is 5.91 Å². The van der Waals surface area contributed by atoms with E-state index >= 15 is 0 Å². The molecule has 1 aromatic carbocycles. The van der Waals surface area contributed by atoms with Crippen LogP contribution in [0, 0.1) is 6.92 Å². The highest BCUT2D eigenvalue weighted by atomic mass is 35.5. The Morgan fingerprint density at radius 1 is 1.42 bits per heavy atom. The fraction of sp³-hybridized carbons (Fsp3) is 0.182. The normalized spacial score (nSPS) is 10.3. The minimum absolute atomic E-state index is 0.167. The lowest BCUT2D eigenvalue weighted by atomic mass is 10.3. The molecule has 8 heteroatoms. The Bertz CT molecular complexity index is 603. The SMILES string of the molecule is Cc1nnc(NC(=O)COc2ccc(Cl)cc2Cl)s1. The Balaban J connectivity index is 1.89. The third kappa shape index (κ3) is 4.05. The van der Waals surface area contributed by atoms with E-state index in [0.29, 0.717) is 20.9 Å². The minimum Gasteiger partial charge on any atom is -0.482 e. The average molecular weight is 318 g/mol. The van der Waals surface area contributed by atoms with Gasteiger partial charge in [-0.3, -0.25) is 10.1 Å². The van der Waals surface area contributed by atoms with Gasteiger partial charge in [-0.2, -0.15) is 0 Å². The van der Waals surface area contributed by atoms with Crippen molar-refractivity contribution in [2.24, 2.45) is 0 Å². The molecule has 0 aliphatic carbocycles. The van der Waals surface area contributed by atoms with Crippen LogP contribution in [0.3, 0.4) is 0 Å². The van der Waals surface area contributed by atoms with E-state index in [1.54, 1.807) is 25.1 Å². The van der Waals surface area contributed by atoms with E-state index in [9.17, 15) is 4.79 Å². The number of halogens is 2. The van der Waals surface area contributed by atoms with Crippen molar-refractivity contribution in [2.75, 3.05) is 11.9 Å². The van der Waals surface area contributed by atoms with Crippen LogP contribution in [0.5, 0.6) is 5.75 Å².